The molecule has 1 heterocycles. The molecule has 27 heavy (non-hydrogen) atoms. The summed E-state index contributed by atoms with van der Waals surface area (Å²) < 4.78 is 0. The summed E-state index contributed by atoms with van der Waals surface area (Å²) in [5, 5.41) is 10.5. The number of hydrogen-bond acceptors (Lipinski definition) is 3. The van der Waals surface area contributed by atoms with E-state index in [1.54, 1.807) is 0 Å². The van der Waals surface area contributed by atoms with Gasteiger partial charge in [-0.25, -0.2) is 0 Å². The van der Waals surface area contributed by atoms with Crippen molar-refractivity contribution in [3.8, 4) is 0 Å². The van der Waals surface area contributed by atoms with Crippen LogP contribution < -0.4 is 5.73 Å². The van der Waals surface area contributed by atoms with Crippen LogP contribution in [0.2, 0.25) is 0 Å². The maximum atomic E-state index is 10.5. The van der Waals surface area contributed by atoms with Gasteiger partial charge in [-0.05, 0) is 31.2 Å². The van der Waals surface area contributed by atoms with E-state index < -0.39 is 0 Å². The molecule has 0 bridgehead atoms. The average molecular weight is 419 g/mol. The fourth-order valence-corrected chi connectivity index (χ4v) is 4.12. The van der Waals surface area contributed by atoms with E-state index in [0.29, 0.717) is 6.54 Å². The minimum absolute atomic E-state index is 0. The summed E-state index contributed by atoms with van der Waals surface area (Å²) >= 11 is 0. The predicted molar refractivity (Wildman–Crippen MR) is 121 cm³/mol. The Labute approximate surface area is 178 Å². The summed E-state index contributed by atoms with van der Waals surface area (Å²) in [6.07, 6.45) is 11.8. The van der Waals surface area contributed by atoms with Crippen molar-refractivity contribution in [2.45, 2.75) is 82.8 Å². The molecule has 1 aromatic carbocycles. The monoisotopic (exact) mass is 418 g/mol. The van der Waals surface area contributed by atoms with Crippen LogP contribution in [0.5, 0.6) is 0 Å². The summed E-state index contributed by atoms with van der Waals surface area (Å²) in [6.45, 7) is 4.85. The quantitative estimate of drug-likeness (QED) is 0.480. The van der Waals surface area contributed by atoms with Gasteiger partial charge in [0.25, 0.3) is 0 Å². The Bertz CT molecular complexity index is 465. The largest absolute Gasteiger partial charge is 0.378 e. The molecule has 1 aliphatic heterocycles. The van der Waals surface area contributed by atoms with Gasteiger partial charge < -0.3 is 10.8 Å². The summed E-state index contributed by atoms with van der Waals surface area (Å²) in [7, 11) is 0. The number of aliphatic hydroxyl groups is 1. The van der Waals surface area contributed by atoms with Crippen LogP contribution in [0.4, 0.5) is 0 Å². The number of halogens is 2. The number of nitrogens with two attached hydrogens (primary N) is 1. The molecule has 1 aromatic rings. The van der Waals surface area contributed by atoms with Gasteiger partial charge in [-0.2, -0.15) is 0 Å². The van der Waals surface area contributed by atoms with Crippen molar-refractivity contribution in [1.29, 1.82) is 0 Å². The van der Waals surface area contributed by atoms with Crippen LogP contribution in [0.1, 0.15) is 76.7 Å². The molecule has 3 nitrogen and oxygen atoms in total. The van der Waals surface area contributed by atoms with Crippen LogP contribution in [0.25, 0.3) is 0 Å². The van der Waals surface area contributed by atoms with Crippen LogP contribution in [-0.2, 0) is 5.41 Å². The van der Waals surface area contributed by atoms with Crippen LogP contribution in [0.15, 0.2) is 30.3 Å². The van der Waals surface area contributed by atoms with E-state index in [-0.39, 0.29) is 36.5 Å². The predicted octanol–water partition coefficient (Wildman–Crippen LogP) is 5.28. The van der Waals surface area contributed by atoms with E-state index in [2.05, 4.69) is 42.2 Å². The number of nitrogens with zero attached hydrogens (tertiary/aromatic N) is 1. The third-order valence-corrected chi connectivity index (χ3v) is 6.02. The Morgan fingerprint density at radius 3 is 2.07 bits per heavy atom. The lowest BCUT2D eigenvalue weighted by Crippen LogP contribution is -2.49. The fourth-order valence-electron chi connectivity index (χ4n) is 4.12. The molecule has 0 radical (unpaired) electrons. The van der Waals surface area contributed by atoms with Crippen molar-refractivity contribution >= 4 is 24.8 Å². The van der Waals surface area contributed by atoms with Crippen molar-refractivity contribution in [3.63, 3.8) is 0 Å². The average Bonchev–Trinajstić information content (AvgIpc) is 2.68. The molecule has 0 amide bonds. The molecular formula is C22H40Cl2N2O. The van der Waals surface area contributed by atoms with E-state index in [9.17, 15) is 5.11 Å². The highest BCUT2D eigenvalue weighted by atomic mass is 35.5. The minimum Gasteiger partial charge on any atom is -0.378 e. The molecule has 1 saturated heterocycles. The maximum Gasteiger partial charge on any atom is 0.107 e. The first-order chi connectivity index (χ1) is 12.2. The molecule has 2 rings (SSSR count). The third kappa shape index (κ3) is 8.29. The van der Waals surface area contributed by atoms with Gasteiger partial charge in [0.2, 0.25) is 0 Å². The van der Waals surface area contributed by atoms with Gasteiger partial charge in [-0.3, -0.25) is 4.90 Å². The van der Waals surface area contributed by atoms with Crippen LogP contribution in [0, 0.1) is 0 Å². The third-order valence-electron chi connectivity index (χ3n) is 6.02. The molecular weight excluding hydrogens is 379 g/mol. The number of rotatable bonds is 11. The second kappa shape index (κ2) is 14.6. The van der Waals surface area contributed by atoms with Crippen molar-refractivity contribution in [1.82, 2.24) is 4.90 Å². The second-order valence-electron chi connectivity index (χ2n) is 7.78. The number of benzene rings is 1. The standard InChI is InChI=1S/C22H38N2O.2ClH/c1-2-3-4-5-6-7-11-14-21(25)24-17-15-22(19-23,16-18-24)20-12-9-8-10-13-20;;/h8-10,12-13,21,25H,2-7,11,14-19,23H2,1H3;2*1H. The second-order valence-corrected chi connectivity index (χ2v) is 7.78. The Morgan fingerprint density at radius 1 is 0.963 bits per heavy atom. The minimum atomic E-state index is -0.276. The van der Waals surface area contributed by atoms with Crippen molar-refractivity contribution < 1.29 is 5.11 Å². The molecule has 0 spiro atoms. The summed E-state index contributed by atoms with van der Waals surface area (Å²) in [4.78, 5) is 2.26. The first-order valence-electron chi connectivity index (χ1n) is 10.4. The number of piperidine rings is 1. The maximum absolute atomic E-state index is 10.5. The van der Waals surface area contributed by atoms with E-state index in [1.807, 2.05) is 0 Å². The smallest absolute Gasteiger partial charge is 0.107 e. The van der Waals surface area contributed by atoms with Crippen LogP contribution in [-0.4, -0.2) is 35.9 Å². The zero-order valence-corrected chi connectivity index (χ0v) is 18.6. The van der Waals surface area contributed by atoms with Crippen molar-refractivity contribution in [2.24, 2.45) is 5.73 Å². The summed E-state index contributed by atoms with van der Waals surface area (Å²) in [6, 6.07) is 10.7. The highest BCUT2D eigenvalue weighted by Gasteiger charge is 2.36. The van der Waals surface area contributed by atoms with Gasteiger partial charge >= 0.3 is 0 Å². The van der Waals surface area contributed by atoms with Gasteiger partial charge in [0.1, 0.15) is 6.23 Å². The fraction of sp³-hybridized carbons (Fsp3) is 0.727. The molecule has 1 fully saturated rings. The molecule has 0 saturated carbocycles. The molecule has 3 N–H and O–H groups in total. The number of aliphatic hydroxyl groups excluding tert-OH is 1. The Morgan fingerprint density at radius 2 is 1.52 bits per heavy atom. The SMILES string of the molecule is CCCCCCCCCC(O)N1CCC(CN)(c2ccccc2)CC1.Cl.Cl. The zero-order chi connectivity index (χ0) is 18.0. The lowest BCUT2D eigenvalue weighted by Gasteiger charge is -2.43. The lowest BCUT2D eigenvalue weighted by molar-refractivity contribution is -0.0272. The lowest BCUT2D eigenvalue weighted by atomic mass is 9.73. The van der Waals surface area contributed by atoms with Gasteiger partial charge in [0.05, 0.1) is 0 Å². The first kappa shape index (κ1) is 26.7. The first-order valence-corrected chi connectivity index (χ1v) is 10.4. The van der Waals surface area contributed by atoms with Crippen LogP contribution in [0.3, 0.4) is 0 Å². The normalized spacial score (nSPS) is 17.6. The summed E-state index contributed by atoms with van der Waals surface area (Å²) in [5.41, 5.74) is 7.61. The Hall–Kier alpha value is -0.320. The zero-order valence-electron chi connectivity index (χ0n) is 16.9. The van der Waals surface area contributed by atoms with Gasteiger partial charge in [0, 0.05) is 25.0 Å². The topological polar surface area (TPSA) is 49.5 Å². The van der Waals surface area contributed by atoms with Crippen molar-refractivity contribution in [2.75, 3.05) is 19.6 Å². The number of likely N-dealkylation sites (tertiary alicyclic amines) is 1. The van der Waals surface area contributed by atoms with E-state index in [4.69, 9.17) is 5.73 Å². The highest BCUT2D eigenvalue weighted by molar-refractivity contribution is 5.85. The molecule has 1 aliphatic rings. The number of hydrogen-bond donors (Lipinski definition) is 2. The molecule has 5 heteroatoms. The molecule has 1 atom stereocenters. The van der Waals surface area contributed by atoms with Crippen molar-refractivity contribution in [3.05, 3.63) is 35.9 Å². The van der Waals surface area contributed by atoms with Gasteiger partial charge in [0.15, 0.2) is 0 Å². The molecule has 0 aliphatic carbocycles. The van der Waals surface area contributed by atoms with E-state index in [0.717, 1.165) is 38.8 Å². The Kier molecular flexibility index (Phi) is 14.5. The summed E-state index contributed by atoms with van der Waals surface area (Å²) in [5.74, 6) is 0. The highest BCUT2D eigenvalue weighted by Crippen LogP contribution is 2.35. The van der Waals surface area contributed by atoms with Gasteiger partial charge in [-0.15, -0.1) is 24.8 Å². The van der Waals surface area contributed by atoms with Crippen LogP contribution >= 0.6 is 24.8 Å². The Balaban J connectivity index is 0.00000338. The van der Waals surface area contributed by atoms with E-state index >= 15 is 0 Å². The van der Waals surface area contributed by atoms with E-state index in [1.165, 1.54) is 44.1 Å². The molecule has 1 unspecified atom stereocenters. The van der Waals surface area contributed by atoms with Gasteiger partial charge in [-0.1, -0.05) is 75.8 Å². The number of unbranched alkanes of at least 4 members (excludes halogenated alkanes) is 6. The molecule has 0 aromatic heterocycles. The molecule has 158 valence electrons.